The topological polar surface area (TPSA) is 20.2 Å². The minimum absolute atomic E-state index is 0.0855. The van der Waals surface area contributed by atoms with Gasteiger partial charge in [0.25, 0.3) is 0 Å². The van der Waals surface area contributed by atoms with Crippen LogP contribution in [0.3, 0.4) is 0 Å². The molecule has 1 N–H and O–H groups in total. The van der Waals surface area contributed by atoms with E-state index in [0.717, 1.165) is 19.2 Å². The lowest BCUT2D eigenvalue weighted by atomic mass is 10.2. The third kappa shape index (κ3) is 1.68. The van der Waals surface area contributed by atoms with Crippen LogP contribution in [0.1, 0.15) is 5.56 Å². The number of halogens is 2. The molecule has 2 rings (SSSR count). The van der Waals surface area contributed by atoms with Crippen LogP contribution in [-0.4, -0.2) is 5.11 Å². The van der Waals surface area contributed by atoms with Gasteiger partial charge in [0.15, 0.2) is 0 Å². The number of thiophene rings is 1. The van der Waals surface area contributed by atoms with E-state index < -0.39 is 0 Å². The van der Waals surface area contributed by atoms with Gasteiger partial charge in [0.05, 0.1) is 10.4 Å². The number of hydrogen-bond acceptors (Lipinski definition) is 2. The first kappa shape index (κ1) is 9.65. The quantitative estimate of drug-likeness (QED) is 0.844. The van der Waals surface area contributed by atoms with Crippen LogP contribution < -0.4 is 0 Å². The Hall–Kier alpha value is 0.1000. The van der Waals surface area contributed by atoms with Crippen molar-refractivity contribution < 1.29 is 5.11 Å². The molecular formula is C9H6Br2OS. The fourth-order valence-corrected chi connectivity index (χ4v) is 3.59. The Morgan fingerprint density at radius 3 is 2.77 bits per heavy atom. The molecule has 2 aromatic rings. The molecule has 0 saturated carbocycles. The number of fused-ring (bicyclic) bond motifs is 1. The molecule has 4 heteroatoms. The van der Waals surface area contributed by atoms with Crippen molar-refractivity contribution in [2.75, 3.05) is 0 Å². The van der Waals surface area contributed by atoms with Crippen LogP contribution in [-0.2, 0) is 6.61 Å². The molecule has 68 valence electrons. The zero-order valence-corrected chi connectivity index (χ0v) is 10.5. The predicted molar refractivity (Wildman–Crippen MR) is 63.1 cm³/mol. The van der Waals surface area contributed by atoms with Crippen LogP contribution in [0, 0.1) is 0 Å². The predicted octanol–water partition coefficient (Wildman–Crippen LogP) is 3.92. The lowest BCUT2D eigenvalue weighted by molar-refractivity contribution is 0.283. The van der Waals surface area contributed by atoms with E-state index in [-0.39, 0.29) is 6.61 Å². The normalized spacial score (nSPS) is 11.0. The molecule has 0 aliphatic carbocycles. The molecule has 0 aliphatic rings. The molecule has 0 fully saturated rings. The second-order valence-corrected chi connectivity index (χ2v) is 5.94. The van der Waals surface area contributed by atoms with Gasteiger partial charge in [0, 0.05) is 14.7 Å². The summed E-state index contributed by atoms with van der Waals surface area (Å²) in [5.74, 6) is 0. The third-order valence-corrected chi connectivity index (χ3v) is 4.30. The summed E-state index contributed by atoms with van der Waals surface area (Å²) in [4.78, 5) is 0. The summed E-state index contributed by atoms with van der Waals surface area (Å²) in [6.07, 6.45) is 0. The number of hydrogen-bond donors (Lipinski definition) is 1. The van der Waals surface area contributed by atoms with Gasteiger partial charge in [0.1, 0.15) is 0 Å². The molecule has 0 unspecified atom stereocenters. The minimum atomic E-state index is 0.0855. The molecule has 1 nitrogen and oxygen atoms in total. The van der Waals surface area contributed by atoms with Crippen molar-refractivity contribution in [2.24, 2.45) is 0 Å². The molecule has 0 aliphatic heterocycles. The standard InChI is InChI=1S/C9H6Br2OS/c10-5-1-2-6-7(4-12)9(11)13-8(6)3-5/h1-3,12H,4H2. The summed E-state index contributed by atoms with van der Waals surface area (Å²) >= 11 is 8.50. The summed E-state index contributed by atoms with van der Waals surface area (Å²) < 4.78 is 3.27. The zero-order valence-electron chi connectivity index (χ0n) is 6.55. The van der Waals surface area contributed by atoms with Crippen LogP contribution in [0.4, 0.5) is 0 Å². The van der Waals surface area contributed by atoms with Crippen molar-refractivity contribution in [3.8, 4) is 0 Å². The average Bonchev–Trinajstić information content (AvgIpc) is 2.39. The zero-order chi connectivity index (χ0) is 9.42. The average molecular weight is 322 g/mol. The van der Waals surface area contributed by atoms with E-state index in [4.69, 9.17) is 5.11 Å². The maximum Gasteiger partial charge on any atom is 0.0766 e. The fourth-order valence-electron chi connectivity index (χ4n) is 1.24. The highest BCUT2D eigenvalue weighted by Crippen LogP contribution is 2.36. The lowest BCUT2D eigenvalue weighted by Crippen LogP contribution is -1.79. The first-order chi connectivity index (χ1) is 6.22. The molecule has 1 aromatic carbocycles. The monoisotopic (exact) mass is 320 g/mol. The Bertz CT molecular complexity index is 450. The van der Waals surface area contributed by atoms with Crippen LogP contribution in [0.5, 0.6) is 0 Å². The van der Waals surface area contributed by atoms with Crippen LogP contribution in [0.2, 0.25) is 0 Å². The van der Waals surface area contributed by atoms with Crippen LogP contribution in [0.25, 0.3) is 10.1 Å². The smallest absolute Gasteiger partial charge is 0.0766 e. The summed E-state index contributed by atoms with van der Waals surface area (Å²) in [5, 5.41) is 10.3. The number of aliphatic hydroxyl groups is 1. The summed E-state index contributed by atoms with van der Waals surface area (Å²) in [5.41, 5.74) is 0.979. The van der Waals surface area contributed by atoms with E-state index in [2.05, 4.69) is 37.9 Å². The molecule has 13 heavy (non-hydrogen) atoms. The lowest BCUT2D eigenvalue weighted by Gasteiger charge is -1.94. The van der Waals surface area contributed by atoms with E-state index >= 15 is 0 Å². The number of aliphatic hydroxyl groups excluding tert-OH is 1. The number of benzene rings is 1. The second-order valence-electron chi connectivity index (χ2n) is 2.65. The molecule has 0 radical (unpaired) electrons. The van der Waals surface area contributed by atoms with Crippen LogP contribution >= 0.6 is 43.2 Å². The van der Waals surface area contributed by atoms with Gasteiger partial charge in [-0.1, -0.05) is 22.0 Å². The van der Waals surface area contributed by atoms with Crippen molar-refractivity contribution in [1.29, 1.82) is 0 Å². The van der Waals surface area contributed by atoms with Crippen molar-refractivity contribution in [3.63, 3.8) is 0 Å². The van der Waals surface area contributed by atoms with E-state index in [1.165, 1.54) is 4.70 Å². The Labute approximate surface area is 96.6 Å². The van der Waals surface area contributed by atoms with Gasteiger partial charge in [-0.3, -0.25) is 0 Å². The Morgan fingerprint density at radius 2 is 2.08 bits per heavy atom. The van der Waals surface area contributed by atoms with Crippen LogP contribution in [0.15, 0.2) is 26.5 Å². The fraction of sp³-hybridized carbons (Fsp3) is 0.111. The Balaban J connectivity index is 2.79. The molecule has 1 heterocycles. The summed E-state index contributed by atoms with van der Waals surface area (Å²) in [6.45, 7) is 0.0855. The SMILES string of the molecule is OCc1c(Br)sc2cc(Br)ccc12. The van der Waals surface area contributed by atoms with Crippen molar-refractivity contribution in [2.45, 2.75) is 6.61 Å². The molecule has 0 bridgehead atoms. The first-order valence-corrected chi connectivity index (χ1v) is 6.10. The third-order valence-electron chi connectivity index (χ3n) is 1.86. The molecule has 0 saturated heterocycles. The minimum Gasteiger partial charge on any atom is -0.392 e. The van der Waals surface area contributed by atoms with Gasteiger partial charge >= 0.3 is 0 Å². The number of rotatable bonds is 1. The van der Waals surface area contributed by atoms with E-state index in [1.54, 1.807) is 11.3 Å². The largest absolute Gasteiger partial charge is 0.392 e. The molecule has 1 aromatic heterocycles. The van der Waals surface area contributed by atoms with Gasteiger partial charge in [-0.05, 0) is 33.4 Å². The highest BCUT2D eigenvalue weighted by Gasteiger charge is 2.08. The maximum atomic E-state index is 9.14. The van der Waals surface area contributed by atoms with Crippen molar-refractivity contribution >= 4 is 53.3 Å². The molecular weight excluding hydrogens is 316 g/mol. The van der Waals surface area contributed by atoms with Gasteiger partial charge < -0.3 is 5.11 Å². The van der Waals surface area contributed by atoms with E-state index in [0.29, 0.717) is 0 Å². The van der Waals surface area contributed by atoms with E-state index in [1.807, 2.05) is 12.1 Å². The Morgan fingerprint density at radius 1 is 1.31 bits per heavy atom. The van der Waals surface area contributed by atoms with Crippen molar-refractivity contribution in [3.05, 3.63) is 32.0 Å². The maximum absolute atomic E-state index is 9.14. The second kappa shape index (κ2) is 3.69. The highest BCUT2D eigenvalue weighted by atomic mass is 79.9. The van der Waals surface area contributed by atoms with Gasteiger partial charge in [-0.15, -0.1) is 11.3 Å². The molecule has 0 amide bonds. The summed E-state index contributed by atoms with van der Waals surface area (Å²) in [7, 11) is 0. The molecule has 0 atom stereocenters. The van der Waals surface area contributed by atoms with E-state index in [9.17, 15) is 0 Å². The summed E-state index contributed by atoms with van der Waals surface area (Å²) in [6, 6.07) is 6.07. The van der Waals surface area contributed by atoms with Gasteiger partial charge in [-0.2, -0.15) is 0 Å². The first-order valence-electron chi connectivity index (χ1n) is 3.69. The highest BCUT2D eigenvalue weighted by molar-refractivity contribution is 9.11. The molecule has 0 spiro atoms. The van der Waals surface area contributed by atoms with Gasteiger partial charge in [0.2, 0.25) is 0 Å². The Kier molecular flexibility index (Phi) is 2.74. The van der Waals surface area contributed by atoms with Gasteiger partial charge in [-0.25, -0.2) is 0 Å². The van der Waals surface area contributed by atoms with Crippen molar-refractivity contribution in [1.82, 2.24) is 0 Å².